The summed E-state index contributed by atoms with van der Waals surface area (Å²) in [4.78, 5) is 12.6. The van der Waals surface area contributed by atoms with Crippen LogP contribution in [0, 0.1) is 0 Å². The number of alkyl halides is 3. The van der Waals surface area contributed by atoms with Crippen molar-refractivity contribution < 1.29 is 74.8 Å². The molecule has 0 fully saturated rings. The quantitative estimate of drug-likeness (QED) is 0.0707. The number of carbonyl (C=O) groups excluding carboxylic acids is 1. The molecule has 2 rings (SSSR count). The molecule has 2 aromatic carbocycles. The number of hydrogen-bond acceptors (Lipinski definition) is 14. The van der Waals surface area contributed by atoms with Gasteiger partial charge in [-0.2, -0.15) is 13.2 Å². The average molecular weight is 808 g/mol. The molecule has 0 saturated carbocycles. The summed E-state index contributed by atoms with van der Waals surface area (Å²) in [7, 11) is 0. The molecule has 0 aliphatic carbocycles. The Morgan fingerprint density at radius 2 is 0.893 bits per heavy atom. The SMILES string of the molecule is CC(C)OCCOCCOCCOCCOCCOCCOCCOCCOCCOCCOCCOC(=O)c1ccccc1Nc1cccc(C(F)(F)F)c1. The second-order valence-corrected chi connectivity index (χ2v) is 11.9. The van der Waals surface area contributed by atoms with Crippen LogP contribution in [-0.2, 0) is 63.0 Å². The molecule has 1 N–H and O–H groups in total. The van der Waals surface area contributed by atoms with E-state index in [1.807, 2.05) is 13.8 Å². The molecule has 320 valence electrons. The number of rotatable bonds is 37. The summed E-state index contributed by atoms with van der Waals surface area (Å²) in [6.45, 7) is 13.4. The first-order chi connectivity index (χ1) is 27.3. The molecule has 2 aromatic rings. The maximum Gasteiger partial charge on any atom is 0.416 e. The van der Waals surface area contributed by atoms with E-state index in [2.05, 4.69) is 5.32 Å². The van der Waals surface area contributed by atoms with Gasteiger partial charge in [-0.25, -0.2) is 4.79 Å². The highest BCUT2D eigenvalue weighted by atomic mass is 19.4. The van der Waals surface area contributed by atoms with Crippen LogP contribution in [0.15, 0.2) is 48.5 Å². The summed E-state index contributed by atoms with van der Waals surface area (Å²) in [5.41, 5.74) is -0.0934. The molecule has 56 heavy (non-hydrogen) atoms. The summed E-state index contributed by atoms with van der Waals surface area (Å²) in [5, 5.41) is 2.86. The normalized spacial score (nSPS) is 11.8. The Kier molecular flexibility index (Phi) is 29.1. The average Bonchev–Trinajstić information content (AvgIpc) is 3.18. The highest BCUT2D eigenvalue weighted by molar-refractivity contribution is 5.96. The van der Waals surface area contributed by atoms with E-state index in [0.717, 1.165) is 12.1 Å². The first-order valence-corrected chi connectivity index (χ1v) is 18.9. The first kappa shape index (κ1) is 49.2. The molecule has 0 aliphatic heterocycles. The van der Waals surface area contributed by atoms with Crippen molar-refractivity contribution in [3.8, 4) is 0 Å². The van der Waals surface area contributed by atoms with Gasteiger partial charge in [-0.3, -0.25) is 0 Å². The zero-order chi connectivity index (χ0) is 40.4. The fourth-order valence-corrected chi connectivity index (χ4v) is 4.39. The summed E-state index contributed by atoms with van der Waals surface area (Å²) in [5.74, 6) is -0.629. The van der Waals surface area contributed by atoms with Gasteiger partial charge in [-0.05, 0) is 44.2 Å². The van der Waals surface area contributed by atoms with E-state index in [4.69, 9.17) is 56.8 Å². The second kappa shape index (κ2) is 33.1. The lowest BCUT2D eigenvalue weighted by molar-refractivity contribution is -0.137. The minimum absolute atomic E-state index is 0.00293. The van der Waals surface area contributed by atoms with Crippen molar-refractivity contribution >= 4 is 17.3 Å². The van der Waals surface area contributed by atoms with Crippen LogP contribution >= 0.6 is 0 Å². The Labute approximate surface area is 328 Å². The molecule has 0 spiro atoms. The molecule has 0 bridgehead atoms. The van der Waals surface area contributed by atoms with E-state index in [0.29, 0.717) is 138 Å². The van der Waals surface area contributed by atoms with Crippen molar-refractivity contribution in [1.82, 2.24) is 0 Å². The Balaban J connectivity index is 1.27. The summed E-state index contributed by atoms with van der Waals surface area (Å²) >= 11 is 0. The lowest BCUT2D eigenvalue weighted by atomic mass is 10.1. The van der Waals surface area contributed by atoms with Crippen LogP contribution in [0.4, 0.5) is 24.5 Å². The smallest absolute Gasteiger partial charge is 0.416 e. The highest BCUT2D eigenvalue weighted by Crippen LogP contribution is 2.32. The second-order valence-electron chi connectivity index (χ2n) is 11.9. The maximum absolute atomic E-state index is 13.1. The third kappa shape index (κ3) is 26.8. The third-order valence-corrected chi connectivity index (χ3v) is 7.10. The van der Waals surface area contributed by atoms with E-state index in [1.54, 1.807) is 18.2 Å². The lowest BCUT2D eigenvalue weighted by Gasteiger charge is -2.13. The number of esters is 1. The van der Waals surface area contributed by atoms with Gasteiger partial charge >= 0.3 is 12.1 Å². The van der Waals surface area contributed by atoms with Gasteiger partial charge in [0.15, 0.2) is 0 Å². The van der Waals surface area contributed by atoms with Crippen molar-refractivity contribution in [2.45, 2.75) is 26.1 Å². The van der Waals surface area contributed by atoms with Gasteiger partial charge in [-0.1, -0.05) is 18.2 Å². The number of ether oxygens (including phenoxy) is 12. The van der Waals surface area contributed by atoms with Gasteiger partial charge in [0.05, 0.1) is 162 Å². The molecule has 14 nitrogen and oxygen atoms in total. The highest BCUT2D eigenvalue weighted by Gasteiger charge is 2.30. The molecule has 0 saturated heterocycles. The number of carbonyl (C=O) groups is 1. The van der Waals surface area contributed by atoms with Crippen LogP contribution in [0.5, 0.6) is 0 Å². The van der Waals surface area contributed by atoms with Crippen LogP contribution in [-0.4, -0.2) is 157 Å². The minimum atomic E-state index is -4.48. The van der Waals surface area contributed by atoms with Gasteiger partial charge in [-0.15, -0.1) is 0 Å². The molecule has 0 aromatic heterocycles. The molecule has 0 radical (unpaired) electrons. The zero-order valence-electron chi connectivity index (χ0n) is 32.7. The lowest BCUT2D eigenvalue weighted by Crippen LogP contribution is -2.16. The number of nitrogens with one attached hydrogen (secondary N) is 1. The number of benzene rings is 2. The Morgan fingerprint density at radius 3 is 1.29 bits per heavy atom. The number of hydrogen-bond donors (Lipinski definition) is 1. The molecule has 17 heteroatoms. The summed E-state index contributed by atoms with van der Waals surface area (Å²) in [6.07, 6.45) is -4.26. The van der Waals surface area contributed by atoms with Gasteiger partial charge in [0.2, 0.25) is 0 Å². The van der Waals surface area contributed by atoms with Crippen molar-refractivity contribution in [3.05, 3.63) is 59.7 Å². The van der Waals surface area contributed by atoms with Crippen LogP contribution in [0.2, 0.25) is 0 Å². The number of para-hydroxylation sites is 1. The Hall–Kier alpha value is -2.94. The largest absolute Gasteiger partial charge is 0.460 e. The van der Waals surface area contributed by atoms with Crippen LogP contribution in [0.1, 0.15) is 29.8 Å². The van der Waals surface area contributed by atoms with Gasteiger partial charge in [0.1, 0.15) is 6.61 Å². The Bertz CT molecular complexity index is 1240. The summed E-state index contributed by atoms with van der Waals surface area (Å²) < 4.78 is 104. The van der Waals surface area contributed by atoms with Crippen LogP contribution < -0.4 is 5.32 Å². The van der Waals surface area contributed by atoms with Crippen molar-refractivity contribution in [3.63, 3.8) is 0 Å². The predicted octanol–water partition coefficient (Wildman–Crippen LogP) is 5.20. The molecule has 0 unspecified atom stereocenters. The van der Waals surface area contributed by atoms with Gasteiger partial charge in [0, 0.05) is 5.69 Å². The molecule has 0 amide bonds. The fraction of sp³-hybridized carbons (Fsp3) is 0.667. The monoisotopic (exact) mass is 807 g/mol. The van der Waals surface area contributed by atoms with Gasteiger partial charge < -0.3 is 62.2 Å². The molecule has 0 heterocycles. The predicted molar refractivity (Wildman–Crippen MR) is 201 cm³/mol. The standard InChI is InChI=1S/C39H60F3NO13/c1-33(2)55-30-28-53-26-24-51-22-20-49-18-16-47-14-12-45-10-11-46-13-15-48-17-19-50-21-23-52-25-27-54-29-31-56-38(44)36-8-3-4-9-37(36)43-35-7-5-6-34(32-35)39(40,41)42/h3-9,32-33,43H,10-31H2,1-2H3. The van der Waals surface area contributed by atoms with E-state index in [-0.39, 0.29) is 30.6 Å². The van der Waals surface area contributed by atoms with E-state index in [9.17, 15) is 18.0 Å². The maximum atomic E-state index is 13.1. The Morgan fingerprint density at radius 1 is 0.518 bits per heavy atom. The number of halogens is 3. The number of anilines is 2. The van der Waals surface area contributed by atoms with Crippen molar-refractivity contribution in [2.75, 3.05) is 151 Å². The zero-order valence-corrected chi connectivity index (χ0v) is 32.7. The summed E-state index contributed by atoms with van der Waals surface area (Å²) in [6, 6.07) is 11.1. The fourth-order valence-electron chi connectivity index (χ4n) is 4.39. The molecular weight excluding hydrogens is 747 g/mol. The molecular formula is C39H60F3NO13. The van der Waals surface area contributed by atoms with Gasteiger partial charge in [0.25, 0.3) is 0 Å². The minimum Gasteiger partial charge on any atom is -0.460 e. The van der Waals surface area contributed by atoms with E-state index >= 15 is 0 Å². The molecule has 0 atom stereocenters. The van der Waals surface area contributed by atoms with Crippen molar-refractivity contribution in [2.24, 2.45) is 0 Å². The third-order valence-electron chi connectivity index (χ3n) is 7.10. The van der Waals surface area contributed by atoms with Crippen molar-refractivity contribution in [1.29, 1.82) is 0 Å². The first-order valence-electron chi connectivity index (χ1n) is 18.9. The molecule has 0 aliphatic rings. The van der Waals surface area contributed by atoms with E-state index in [1.165, 1.54) is 18.2 Å². The van der Waals surface area contributed by atoms with E-state index < -0.39 is 17.7 Å². The van der Waals surface area contributed by atoms with Crippen LogP contribution in [0.3, 0.4) is 0 Å². The van der Waals surface area contributed by atoms with Crippen LogP contribution in [0.25, 0.3) is 0 Å². The topological polar surface area (TPSA) is 140 Å².